The Morgan fingerprint density at radius 2 is 2.32 bits per heavy atom. The smallest absolute Gasteiger partial charge is 0.272 e. The van der Waals surface area contributed by atoms with Crippen molar-refractivity contribution in [1.29, 1.82) is 0 Å². The average molecular weight is 334 g/mol. The lowest BCUT2D eigenvalue weighted by Gasteiger charge is -2.26. The number of imidazole rings is 1. The van der Waals surface area contributed by atoms with E-state index in [1.54, 1.807) is 10.6 Å². The van der Waals surface area contributed by atoms with Gasteiger partial charge in [0.15, 0.2) is 15.8 Å². The highest BCUT2D eigenvalue weighted by molar-refractivity contribution is 7.15. The number of nitrogens with one attached hydrogen (secondary N) is 1. The lowest BCUT2D eigenvalue weighted by atomic mass is 10.0. The largest absolute Gasteiger partial charge is 0.493 e. The second kappa shape index (κ2) is 5.30. The van der Waals surface area contributed by atoms with Gasteiger partial charge in [0.2, 0.25) is 0 Å². The molecule has 4 rings (SSSR count). The van der Waals surface area contributed by atoms with Crippen LogP contribution in [-0.4, -0.2) is 21.9 Å². The van der Waals surface area contributed by atoms with Crippen molar-refractivity contribution in [3.63, 3.8) is 0 Å². The van der Waals surface area contributed by atoms with Gasteiger partial charge in [-0.25, -0.2) is 4.98 Å². The summed E-state index contributed by atoms with van der Waals surface area (Å²) < 4.78 is 7.33. The molecule has 1 unspecified atom stereocenters. The number of para-hydroxylation sites is 1. The number of carbonyl (C=O) groups excluding carboxylic acids is 1. The molecule has 0 spiro atoms. The fourth-order valence-corrected chi connectivity index (χ4v) is 3.70. The molecule has 1 N–H and O–H groups in total. The zero-order valence-corrected chi connectivity index (χ0v) is 13.0. The Kier molecular flexibility index (Phi) is 3.28. The number of aromatic nitrogens is 2. The molecule has 5 nitrogen and oxygen atoms in total. The van der Waals surface area contributed by atoms with Gasteiger partial charge in [-0.1, -0.05) is 29.8 Å². The summed E-state index contributed by atoms with van der Waals surface area (Å²) in [6.45, 7) is 0.579. The fourth-order valence-electron chi connectivity index (χ4n) is 2.68. The molecule has 0 saturated carbocycles. The maximum Gasteiger partial charge on any atom is 0.272 e. The van der Waals surface area contributed by atoms with Crippen LogP contribution in [-0.2, 0) is 0 Å². The van der Waals surface area contributed by atoms with E-state index in [-0.39, 0.29) is 17.1 Å². The van der Waals surface area contributed by atoms with Crippen LogP contribution < -0.4 is 10.1 Å². The fraction of sp³-hybridized carbons (Fsp3) is 0.200. The van der Waals surface area contributed by atoms with E-state index in [0.717, 1.165) is 17.7 Å². The molecule has 1 aliphatic heterocycles. The van der Waals surface area contributed by atoms with Crippen LogP contribution in [0.4, 0.5) is 0 Å². The minimum absolute atomic E-state index is 0.0855. The number of amides is 1. The quantitative estimate of drug-likeness (QED) is 0.783. The summed E-state index contributed by atoms with van der Waals surface area (Å²) in [7, 11) is 0. The minimum Gasteiger partial charge on any atom is -0.493 e. The highest BCUT2D eigenvalue weighted by Gasteiger charge is 2.26. The van der Waals surface area contributed by atoms with E-state index in [1.165, 1.54) is 11.3 Å². The topological polar surface area (TPSA) is 55.6 Å². The van der Waals surface area contributed by atoms with Crippen molar-refractivity contribution in [3.8, 4) is 5.75 Å². The number of benzene rings is 1. The summed E-state index contributed by atoms with van der Waals surface area (Å²) in [5.74, 6) is 0.594. The van der Waals surface area contributed by atoms with Gasteiger partial charge in [-0.05, 0) is 6.07 Å². The monoisotopic (exact) mass is 333 g/mol. The van der Waals surface area contributed by atoms with Crippen molar-refractivity contribution in [1.82, 2.24) is 14.7 Å². The molecule has 1 amide bonds. The number of thiazole rings is 1. The van der Waals surface area contributed by atoms with Crippen LogP contribution in [0, 0.1) is 0 Å². The molecule has 0 aliphatic carbocycles. The predicted molar refractivity (Wildman–Crippen MR) is 84.8 cm³/mol. The van der Waals surface area contributed by atoms with Gasteiger partial charge < -0.3 is 10.1 Å². The number of rotatable bonds is 2. The number of carbonyl (C=O) groups is 1. The molecule has 1 aromatic carbocycles. The molecule has 112 valence electrons. The van der Waals surface area contributed by atoms with Crippen molar-refractivity contribution in [3.05, 3.63) is 52.3 Å². The highest BCUT2D eigenvalue weighted by atomic mass is 35.5. The van der Waals surface area contributed by atoms with E-state index in [9.17, 15) is 4.79 Å². The number of halogens is 1. The molecule has 7 heteroatoms. The summed E-state index contributed by atoms with van der Waals surface area (Å²) >= 11 is 7.55. The van der Waals surface area contributed by atoms with Gasteiger partial charge >= 0.3 is 0 Å². The number of nitrogens with zero attached hydrogens (tertiary/aromatic N) is 2. The SMILES string of the molecule is O=C(NC1CCOc2ccccc21)c1c(Cl)nc2sccn12. The third kappa shape index (κ3) is 2.15. The first-order valence-corrected chi connectivity index (χ1v) is 8.13. The number of hydrogen-bond acceptors (Lipinski definition) is 4. The van der Waals surface area contributed by atoms with Gasteiger partial charge in [-0.3, -0.25) is 9.20 Å². The molecule has 0 fully saturated rings. The Morgan fingerprint density at radius 3 is 3.23 bits per heavy atom. The molecular weight excluding hydrogens is 322 g/mol. The van der Waals surface area contributed by atoms with Crippen molar-refractivity contribution < 1.29 is 9.53 Å². The summed E-state index contributed by atoms with van der Waals surface area (Å²) in [4.78, 5) is 17.5. The standard InChI is InChI=1S/C15H12ClN3O2S/c16-13-12(19-6-8-22-15(19)18-13)14(20)17-10-5-7-21-11-4-2-1-3-9(10)11/h1-4,6,8,10H,5,7H2,(H,17,20). The molecule has 3 heterocycles. The molecule has 22 heavy (non-hydrogen) atoms. The number of fused-ring (bicyclic) bond motifs is 2. The molecular formula is C15H12ClN3O2S. The van der Waals surface area contributed by atoms with Gasteiger partial charge in [-0.2, -0.15) is 0 Å². The normalized spacial score (nSPS) is 17.0. The molecule has 1 atom stereocenters. The molecule has 2 aromatic heterocycles. The molecule has 3 aromatic rings. The second-order valence-corrected chi connectivity index (χ2v) is 6.24. The predicted octanol–water partition coefficient (Wildman–Crippen LogP) is 3.30. The van der Waals surface area contributed by atoms with Gasteiger partial charge in [-0.15, -0.1) is 11.3 Å². The minimum atomic E-state index is -0.224. The summed E-state index contributed by atoms with van der Waals surface area (Å²) in [5, 5.41) is 5.14. The summed E-state index contributed by atoms with van der Waals surface area (Å²) in [6.07, 6.45) is 2.53. The van der Waals surface area contributed by atoms with E-state index < -0.39 is 0 Å². The van der Waals surface area contributed by atoms with E-state index in [4.69, 9.17) is 16.3 Å². The molecule has 0 saturated heterocycles. The number of ether oxygens (including phenoxy) is 1. The first-order chi connectivity index (χ1) is 10.7. The summed E-state index contributed by atoms with van der Waals surface area (Å²) in [6, 6.07) is 7.66. The lowest BCUT2D eigenvalue weighted by Crippen LogP contribution is -2.32. The van der Waals surface area contributed by atoms with Gasteiger partial charge in [0, 0.05) is 23.6 Å². The van der Waals surface area contributed by atoms with Crippen LogP contribution in [0.3, 0.4) is 0 Å². The van der Waals surface area contributed by atoms with Crippen molar-refractivity contribution >= 4 is 33.8 Å². The molecule has 0 bridgehead atoms. The zero-order chi connectivity index (χ0) is 15.1. The Bertz CT molecular complexity index is 857. The lowest BCUT2D eigenvalue weighted by molar-refractivity contribution is 0.0919. The Hall–Kier alpha value is -2.05. The first kappa shape index (κ1) is 13.6. The van der Waals surface area contributed by atoms with Gasteiger partial charge in [0.1, 0.15) is 5.75 Å². The molecule has 1 aliphatic rings. The van der Waals surface area contributed by atoms with Crippen LogP contribution in [0.15, 0.2) is 35.8 Å². The van der Waals surface area contributed by atoms with Crippen LogP contribution in [0.25, 0.3) is 4.96 Å². The van der Waals surface area contributed by atoms with E-state index >= 15 is 0 Å². The van der Waals surface area contributed by atoms with Crippen LogP contribution in [0.2, 0.25) is 5.15 Å². The zero-order valence-electron chi connectivity index (χ0n) is 11.5. The average Bonchev–Trinajstić information content (AvgIpc) is 3.07. The van der Waals surface area contributed by atoms with E-state index in [2.05, 4.69) is 10.3 Å². The van der Waals surface area contributed by atoms with Crippen LogP contribution >= 0.6 is 22.9 Å². The Balaban J connectivity index is 1.66. The highest BCUT2D eigenvalue weighted by Crippen LogP contribution is 2.32. The third-order valence-corrected chi connectivity index (χ3v) is 4.72. The second-order valence-electron chi connectivity index (χ2n) is 5.01. The van der Waals surface area contributed by atoms with Crippen LogP contribution in [0.5, 0.6) is 5.75 Å². The summed E-state index contributed by atoms with van der Waals surface area (Å²) in [5.41, 5.74) is 1.37. The maximum atomic E-state index is 12.6. The van der Waals surface area contributed by atoms with E-state index in [1.807, 2.05) is 29.6 Å². The molecule has 0 radical (unpaired) electrons. The Morgan fingerprint density at radius 1 is 1.45 bits per heavy atom. The van der Waals surface area contributed by atoms with E-state index in [0.29, 0.717) is 17.3 Å². The van der Waals surface area contributed by atoms with Crippen LogP contribution in [0.1, 0.15) is 28.5 Å². The number of hydrogen-bond donors (Lipinski definition) is 1. The van der Waals surface area contributed by atoms with Crippen molar-refractivity contribution in [2.75, 3.05) is 6.61 Å². The third-order valence-electron chi connectivity index (χ3n) is 3.70. The van der Waals surface area contributed by atoms with Gasteiger partial charge in [0.25, 0.3) is 5.91 Å². The Labute approximate surface area is 135 Å². The maximum absolute atomic E-state index is 12.6. The van der Waals surface area contributed by atoms with Crippen molar-refractivity contribution in [2.45, 2.75) is 12.5 Å². The van der Waals surface area contributed by atoms with Crippen molar-refractivity contribution in [2.24, 2.45) is 0 Å². The van der Waals surface area contributed by atoms with Gasteiger partial charge in [0.05, 0.1) is 12.6 Å². The first-order valence-electron chi connectivity index (χ1n) is 6.87.